The standard InChI is InChI=1S/C16H22N4/c1-6-17-14-10-13(16(3,4)5)19-15(20-14)12-9-7-8-11(2)18-12/h7-10H,6H2,1-5H3,(H,17,19,20). The summed E-state index contributed by atoms with van der Waals surface area (Å²) in [7, 11) is 0. The molecule has 2 rings (SSSR count). The summed E-state index contributed by atoms with van der Waals surface area (Å²) in [5.74, 6) is 1.53. The Kier molecular flexibility index (Phi) is 4.02. The average molecular weight is 270 g/mol. The molecule has 4 heteroatoms. The van der Waals surface area contributed by atoms with Crippen LogP contribution in [0.15, 0.2) is 24.3 Å². The second-order valence-corrected chi connectivity index (χ2v) is 5.91. The van der Waals surface area contributed by atoms with E-state index in [4.69, 9.17) is 0 Å². The lowest BCUT2D eigenvalue weighted by Crippen LogP contribution is -2.16. The zero-order valence-electron chi connectivity index (χ0n) is 12.9. The Morgan fingerprint density at radius 2 is 1.85 bits per heavy atom. The molecule has 0 fully saturated rings. The first-order chi connectivity index (χ1) is 9.40. The summed E-state index contributed by atoms with van der Waals surface area (Å²) in [4.78, 5) is 13.8. The minimum Gasteiger partial charge on any atom is -0.370 e. The Morgan fingerprint density at radius 3 is 2.45 bits per heavy atom. The minimum atomic E-state index is -0.0221. The van der Waals surface area contributed by atoms with Gasteiger partial charge < -0.3 is 5.32 Å². The molecule has 0 saturated heterocycles. The number of rotatable bonds is 3. The van der Waals surface area contributed by atoms with Crippen molar-refractivity contribution in [3.05, 3.63) is 35.7 Å². The fraction of sp³-hybridized carbons (Fsp3) is 0.438. The molecule has 0 atom stereocenters. The van der Waals surface area contributed by atoms with Crippen LogP contribution in [0.1, 0.15) is 39.1 Å². The molecule has 0 bridgehead atoms. The fourth-order valence-electron chi connectivity index (χ4n) is 1.89. The van der Waals surface area contributed by atoms with E-state index in [2.05, 4.69) is 48.0 Å². The van der Waals surface area contributed by atoms with Crippen molar-refractivity contribution >= 4 is 5.82 Å². The number of nitrogens with zero attached hydrogens (tertiary/aromatic N) is 3. The molecule has 2 aromatic heterocycles. The van der Waals surface area contributed by atoms with Crippen molar-refractivity contribution in [1.29, 1.82) is 0 Å². The van der Waals surface area contributed by atoms with Gasteiger partial charge in [-0.2, -0.15) is 0 Å². The highest BCUT2D eigenvalue weighted by Gasteiger charge is 2.18. The van der Waals surface area contributed by atoms with Gasteiger partial charge in [-0.15, -0.1) is 0 Å². The summed E-state index contributed by atoms with van der Waals surface area (Å²) >= 11 is 0. The van der Waals surface area contributed by atoms with Crippen molar-refractivity contribution in [2.24, 2.45) is 0 Å². The van der Waals surface area contributed by atoms with Crippen molar-refractivity contribution in [1.82, 2.24) is 15.0 Å². The van der Waals surface area contributed by atoms with Gasteiger partial charge in [0.25, 0.3) is 0 Å². The molecule has 0 aromatic carbocycles. The van der Waals surface area contributed by atoms with Crippen LogP contribution in [0.4, 0.5) is 5.82 Å². The van der Waals surface area contributed by atoms with Gasteiger partial charge in [0, 0.05) is 23.7 Å². The predicted octanol–water partition coefficient (Wildman–Crippen LogP) is 3.58. The number of aromatic nitrogens is 3. The minimum absolute atomic E-state index is 0.0221. The molecule has 0 aliphatic carbocycles. The monoisotopic (exact) mass is 270 g/mol. The summed E-state index contributed by atoms with van der Waals surface area (Å²) in [6, 6.07) is 7.92. The van der Waals surface area contributed by atoms with Gasteiger partial charge in [0.2, 0.25) is 0 Å². The second kappa shape index (κ2) is 5.57. The zero-order valence-corrected chi connectivity index (χ0v) is 12.9. The number of hydrogen-bond donors (Lipinski definition) is 1. The molecule has 4 nitrogen and oxygen atoms in total. The van der Waals surface area contributed by atoms with E-state index in [1.54, 1.807) is 0 Å². The van der Waals surface area contributed by atoms with E-state index in [0.717, 1.165) is 29.4 Å². The van der Waals surface area contributed by atoms with Crippen LogP contribution in [0.5, 0.6) is 0 Å². The summed E-state index contributed by atoms with van der Waals surface area (Å²) in [6.07, 6.45) is 0. The molecule has 0 aliphatic rings. The van der Waals surface area contributed by atoms with E-state index in [1.807, 2.05) is 31.2 Å². The van der Waals surface area contributed by atoms with Crippen molar-refractivity contribution in [2.75, 3.05) is 11.9 Å². The molecule has 0 amide bonds. The Hall–Kier alpha value is -1.97. The average Bonchev–Trinajstić information content (AvgIpc) is 2.38. The highest BCUT2D eigenvalue weighted by Crippen LogP contribution is 2.25. The van der Waals surface area contributed by atoms with Crippen molar-refractivity contribution in [3.8, 4) is 11.5 Å². The smallest absolute Gasteiger partial charge is 0.180 e. The van der Waals surface area contributed by atoms with Gasteiger partial charge in [0.05, 0.1) is 5.69 Å². The van der Waals surface area contributed by atoms with Crippen LogP contribution < -0.4 is 5.32 Å². The van der Waals surface area contributed by atoms with E-state index < -0.39 is 0 Å². The molecular weight excluding hydrogens is 248 g/mol. The second-order valence-electron chi connectivity index (χ2n) is 5.91. The topological polar surface area (TPSA) is 50.7 Å². The van der Waals surface area contributed by atoms with Crippen LogP contribution in [0.3, 0.4) is 0 Å². The van der Waals surface area contributed by atoms with E-state index in [1.165, 1.54) is 0 Å². The Labute approximate surface area is 120 Å². The molecule has 106 valence electrons. The first-order valence-corrected chi connectivity index (χ1v) is 6.97. The summed E-state index contributed by atoms with van der Waals surface area (Å²) in [5.41, 5.74) is 2.78. The number of hydrogen-bond acceptors (Lipinski definition) is 4. The highest BCUT2D eigenvalue weighted by molar-refractivity contribution is 5.54. The third kappa shape index (κ3) is 3.32. The maximum absolute atomic E-state index is 4.68. The first-order valence-electron chi connectivity index (χ1n) is 6.97. The van der Waals surface area contributed by atoms with Crippen LogP contribution in [0.2, 0.25) is 0 Å². The molecule has 0 unspecified atom stereocenters. The molecule has 2 aromatic rings. The quantitative estimate of drug-likeness (QED) is 0.926. The molecule has 0 aliphatic heterocycles. The Morgan fingerprint density at radius 1 is 1.10 bits per heavy atom. The lowest BCUT2D eigenvalue weighted by Gasteiger charge is -2.19. The van der Waals surface area contributed by atoms with E-state index in [-0.39, 0.29) is 5.41 Å². The predicted molar refractivity (Wildman–Crippen MR) is 82.9 cm³/mol. The normalized spacial score (nSPS) is 11.4. The zero-order chi connectivity index (χ0) is 14.8. The third-order valence-electron chi connectivity index (χ3n) is 2.97. The van der Waals surface area contributed by atoms with Gasteiger partial charge in [-0.3, -0.25) is 0 Å². The van der Waals surface area contributed by atoms with Gasteiger partial charge in [-0.25, -0.2) is 15.0 Å². The van der Waals surface area contributed by atoms with E-state index in [9.17, 15) is 0 Å². The maximum atomic E-state index is 4.68. The lowest BCUT2D eigenvalue weighted by atomic mass is 9.92. The van der Waals surface area contributed by atoms with Crippen molar-refractivity contribution in [3.63, 3.8) is 0 Å². The van der Waals surface area contributed by atoms with E-state index >= 15 is 0 Å². The molecule has 0 radical (unpaired) electrons. The Bertz CT molecular complexity index is 600. The summed E-state index contributed by atoms with van der Waals surface area (Å²) in [6.45, 7) is 11.3. The maximum Gasteiger partial charge on any atom is 0.180 e. The number of anilines is 1. The van der Waals surface area contributed by atoms with Gasteiger partial charge in [-0.05, 0) is 26.0 Å². The van der Waals surface area contributed by atoms with Crippen LogP contribution in [-0.2, 0) is 5.41 Å². The highest BCUT2D eigenvalue weighted by atomic mass is 15.0. The Balaban J connectivity index is 2.54. The van der Waals surface area contributed by atoms with Crippen molar-refractivity contribution < 1.29 is 0 Å². The van der Waals surface area contributed by atoms with Gasteiger partial charge in [-0.1, -0.05) is 26.8 Å². The van der Waals surface area contributed by atoms with Crippen molar-refractivity contribution in [2.45, 2.75) is 40.0 Å². The van der Waals surface area contributed by atoms with Crippen LogP contribution in [-0.4, -0.2) is 21.5 Å². The van der Waals surface area contributed by atoms with E-state index in [0.29, 0.717) is 5.82 Å². The molecule has 20 heavy (non-hydrogen) atoms. The SMILES string of the molecule is CCNc1cc(C(C)(C)C)nc(-c2cccc(C)n2)n1. The largest absolute Gasteiger partial charge is 0.370 e. The molecular formula is C16H22N4. The van der Waals surface area contributed by atoms with Gasteiger partial charge in [0.15, 0.2) is 5.82 Å². The van der Waals surface area contributed by atoms with Gasteiger partial charge in [0.1, 0.15) is 11.5 Å². The number of pyridine rings is 1. The molecule has 1 N–H and O–H groups in total. The molecule has 0 saturated carbocycles. The lowest BCUT2D eigenvalue weighted by molar-refractivity contribution is 0.568. The molecule has 2 heterocycles. The fourth-order valence-corrected chi connectivity index (χ4v) is 1.89. The van der Waals surface area contributed by atoms with Gasteiger partial charge >= 0.3 is 0 Å². The summed E-state index contributed by atoms with van der Waals surface area (Å²) in [5, 5.41) is 3.27. The van der Waals surface area contributed by atoms with Crippen LogP contribution in [0, 0.1) is 6.92 Å². The first kappa shape index (κ1) is 14.4. The number of aryl methyl sites for hydroxylation is 1. The third-order valence-corrected chi connectivity index (χ3v) is 2.97. The molecule has 0 spiro atoms. The number of nitrogens with one attached hydrogen (secondary N) is 1. The van der Waals surface area contributed by atoms with Crippen LogP contribution in [0.25, 0.3) is 11.5 Å². The van der Waals surface area contributed by atoms with Crippen LogP contribution >= 0.6 is 0 Å². The summed E-state index contributed by atoms with van der Waals surface area (Å²) < 4.78 is 0.